The number of hydrogen-bond donors (Lipinski definition) is 0. The van der Waals surface area contributed by atoms with Gasteiger partial charge in [-0.2, -0.15) is 0 Å². The van der Waals surface area contributed by atoms with Crippen molar-refractivity contribution in [1.82, 2.24) is 4.98 Å². The van der Waals surface area contributed by atoms with Crippen LogP contribution in [-0.4, -0.2) is 17.0 Å². The van der Waals surface area contributed by atoms with Crippen LogP contribution in [0.2, 0.25) is 0 Å². The van der Waals surface area contributed by atoms with Crippen molar-refractivity contribution in [1.29, 1.82) is 0 Å². The van der Waals surface area contributed by atoms with Crippen molar-refractivity contribution in [2.24, 2.45) is 0 Å². The van der Waals surface area contributed by atoms with Crippen molar-refractivity contribution in [2.75, 3.05) is 6.61 Å². The third-order valence-corrected chi connectivity index (χ3v) is 3.94. The van der Waals surface area contributed by atoms with Crippen LogP contribution < -0.4 is 4.74 Å². The normalized spacial score (nSPS) is 24.6. The van der Waals surface area contributed by atoms with Crippen LogP contribution in [0.15, 0.2) is 18.5 Å². The molecule has 2 rings (SSSR count). The van der Waals surface area contributed by atoms with Gasteiger partial charge in [0.1, 0.15) is 5.75 Å². The maximum atomic E-state index is 6.34. The van der Waals surface area contributed by atoms with E-state index in [1.54, 1.807) is 6.20 Å². The number of nitrogens with zero attached hydrogens (tertiary/aromatic N) is 1. The Morgan fingerprint density at radius 1 is 1.33 bits per heavy atom. The molecular weight excluding hydrogens is 246 g/mol. The number of ether oxygens (including phenoxy) is 1. The Bertz CT molecular complexity index is 369. The van der Waals surface area contributed by atoms with E-state index < -0.39 is 0 Å². The fourth-order valence-electron chi connectivity index (χ4n) is 2.56. The standard InChI is InChI=1S/C15H22ClNO/c1-2-7-18-15-9-13(10-17-11-15)12-5-3-4-6-14(16)8-12/h9-12,14H,2-8H2,1H3. The summed E-state index contributed by atoms with van der Waals surface area (Å²) < 4.78 is 5.65. The summed E-state index contributed by atoms with van der Waals surface area (Å²) in [5.41, 5.74) is 1.29. The van der Waals surface area contributed by atoms with Crippen molar-refractivity contribution >= 4 is 11.6 Å². The van der Waals surface area contributed by atoms with Gasteiger partial charge in [-0.25, -0.2) is 0 Å². The van der Waals surface area contributed by atoms with Gasteiger partial charge < -0.3 is 4.74 Å². The molecule has 0 N–H and O–H groups in total. The highest BCUT2D eigenvalue weighted by atomic mass is 35.5. The van der Waals surface area contributed by atoms with Crippen LogP contribution in [0, 0.1) is 0 Å². The third-order valence-electron chi connectivity index (χ3n) is 3.54. The minimum Gasteiger partial charge on any atom is -0.492 e. The molecule has 2 nitrogen and oxygen atoms in total. The number of rotatable bonds is 4. The van der Waals surface area contributed by atoms with E-state index in [0.29, 0.717) is 11.3 Å². The number of hydrogen-bond acceptors (Lipinski definition) is 2. The van der Waals surface area contributed by atoms with Gasteiger partial charge in [-0.1, -0.05) is 19.8 Å². The van der Waals surface area contributed by atoms with Gasteiger partial charge in [0, 0.05) is 11.6 Å². The van der Waals surface area contributed by atoms with Crippen molar-refractivity contribution in [2.45, 2.75) is 56.7 Å². The Morgan fingerprint density at radius 2 is 2.17 bits per heavy atom. The molecule has 2 unspecified atom stereocenters. The quantitative estimate of drug-likeness (QED) is 0.591. The first-order valence-corrected chi connectivity index (χ1v) is 7.45. The maximum absolute atomic E-state index is 6.34. The summed E-state index contributed by atoms with van der Waals surface area (Å²) in [7, 11) is 0. The Balaban J connectivity index is 2.06. The van der Waals surface area contributed by atoms with Crippen LogP contribution in [0.1, 0.15) is 56.9 Å². The molecule has 0 spiro atoms. The molecule has 0 bridgehead atoms. The van der Waals surface area contributed by atoms with Gasteiger partial charge in [0.2, 0.25) is 0 Å². The smallest absolute Gasteiger partial charge is 0.137 e. The van der Waals surface area contributed by atoms with Crippen molar-refractivity contribution < 1.29 is 4.74 Å². The zero-order valence-electron chi connectivity index (χ0n) is 11.1. The first kappa shape index (κ1) is 13.7. The Labute approximate surface area is 115 Å². The highest BCUT2D eigenvalue weighted by molar-refractivity contribution is 6.20. The summed E-state index contributed by atoms with van der Waals surface area (Å²) in [4.78, 5) is 4.30. The molecule has 0 saturated heterocycles. The second kappa shape index (κ2) is 6.98. The molecule has 18 heavy (non-hydrogen) atoms. The Morgan fingerprint density at radius 3 is 3.00 bits per heavy atom. The lowest BCUT2D eigenvalue weighted by molar-refractivity contribution is 0.315. The second-order valence-electron chi connectivity index (χ2n) is 5.12. The van der Waals surface area contributed by atoms with Crippen LogP contribution in [0.4, 0.5) is 0 Å². The number of halogens is 1. The SMILES string of the molecule is CCCOc1cncc(C2CCCCC(Cl)C2)c1. The Hall–Kier alpha value is -0.760. The van der Waals surface area contributed by atoms with E-state index in [4.69, 9.17) is 16.3 Å². The number of pyridine rings is 1. The van der Waals surface area contributed by atoms with E-state index in [9.17, 15) is 0 Å². The summed E-state index contributed by atoms with van der Waals surface area (Å²) in [5.74, 6) is 1.44. The minimum atomic E-state index is 0.317. The van der Waals surface area contributed by atoms with Crippen LogP contribution in [-0.2, 0) is 0 Å². The summed E-state index contributed by atoms with van der Waals surface area (Å²) in [5, 5.41) is 0.317. The van der Waals surface area contributed by atoms with Crippen LogP contribution in [0.3, 0.4) is 0 Å². The monoisotopic (exact) mass is 267 g/mol. The molecule has 0 amide bonds. The fourth-order valence-corrected chi connectivity index (χ4v) is 2.93. The zero-order chi connectivity index (χ0) is 12.8. The fraction of sp³-hybridized carbons (Fsp3) is 0.667. The minimum absolute atomic E-state index is 0.317. The predicted molar refractivity (Wildman–Crippen MR) is 75.5 cm³/mol. The summed E-state index contributed by atoms with van der Waals surface area (Å²) in [6, 6.07) is 2.14. The molecule has 1 fully saturated rings. The van der Waals surface area contributed by atoms with Crippen molar-refractivity contribution in [3.8, 4) is 5.75 Å². The van der Waals surface area contributed by atoms with Gasteiger partial charge in [0.25, 0.3) is 0 Å². The molecule has 1 aliphatic carbocycles. The largest absolute Gasteiger partial charge is 0.492 e. The van der Waals surface area contributed by atoms with E-state index >= 15 is 0 Å². The number of alkyl halides is 1. The molecule has 0 aliphatic heterocycles. The first-order valence-electron chi connectivity index (χ1n) is 7.01. The first-order chi connectivity index (χ1) is 8.79. The second-order valence-corrected chi connectivity index (χ2v) is 5.73. The van der Waals surface area contributed by atoms with E-state index in [1.807, 2.05) is 6.20 Å². The highest BCUT2D eigenvalue weighted by Gasteiger charge is 2.20. The van der Waals surface area contributed by atoms with E-state index in [0.717, 1.165) is 31.6 Å². The van der Waals surface area contributed by atoms with Crippen molar-refractivity contribution in [3.63, 3.8) is 0 Å². The summed E-state index contributed by atoms with van der Waals surface area (Å²) >= 11 is 6.34. The van der Waals surface area contributed by atoms with Crippen LogP contribution in [0.25, 0.3) is 0 Å². The van der Waals surface area contributed by atoms with Crippen molar-refractivity contribution in [3.05, 3.63) is 24.0 Å². The molecule has 1 aromatic rings. The van der Waals surface area contributed by atoms with E-state index in [1.165, 1.54) is 24.8 Å². The average molecular weight is 268 g/mol. The third kappa shape index (κ3) is 3.88. The van der Waals surface area contributed by atoms with Gasteiger partial charge in [-0.3, -0.25) is 4.98 Å². The van der Waals surface area contributed by atoms with Gasteiger partial charge in [-0.05, 0) is 43.2 Å². The molecular formula is C15H22ClNO. The average Bonchev–Trinajstić information content (AvgIpc) is 2.61. The van der Waals surface area contributed by atoms with Crippen LogP contribution in [0.5, 0.6) is 5.75 Å². The van der Waals surface area contributed by atoms with Gasteiger partial charge in [-0.15, -0.1) is 11.6 Å². The lowest BCUT2D eigenvalue weighted by atomic mass is 9.93. The lowest BCUT2D eigenvalue weighted by Gasteiger charge is -2.17. The molecule has 1 saturated carbocycles. The topological polar surface area (TPSA) is 22.1 Å². The number of aromatic nitrogens is 1. The van der Waals surface area contributed by atoms with Gasteiger partial charge >= 0.3 is 0 Å². The molecule has 0 radical (unpaired) electrons. The summed E-state index contributed by atoms with van der Waals surface area (Å²) in [6.07, 6.45) is 10.8. The van der Waals surface area contributed by atoms with Gasteiger partial charge in [0.05, 0.1) is 12.8 Å². The molecule has 1 aromatic heterocycles. The lowest BCUT2D eigenvalue weighted by Crippen LogP contribution is -2.05. The van der Waals surface area contributed by atoms with Gasteiger partial charge in [0.15, 0.2) is 0 Å². The predicted octanol–water partition coefficient (Wildman–Crippen LogP) is 4.53. The molecule has 100 valence electrons. The molecule has 1 heterocycles. The molecule has 3 heteroatoms. The molecule has 2 atom stereocenters. The van der Waals surface area contributed by atoms with E-state index in [2.05, 4.69) is 18.0 Å². The zero-order valence-corrected chi connectivity index (χ0v) is 11.8. The summed E-state index contributed by atoms with van der Waals surface area (Å²) in [6.45, 7) is 2.87. The van der Waals surface area contributed by atoms with E-state index in [-0.39, 0.29) is 0 Å². The Kier molecular flexibility index (Phi) is 5.30. The molecule has 1 aliphatic rings. The maximum Gasteiger partial charge on any atom is 0.137 e. The highest BCUT2D eigenvalue weighted by Crippen LogP contribution is 2.34. The van der Waals surface area contributed by atoms with Crippen LogP contribution >= 0.6 is 11.6 Å². The molecule has 0 aromatic carbocycles.